The summed E-state index contributed by atoms with van der Waals surface area (Å²) in [6.45, 7) is 0. The SMILES string of the molecule is N#Cc1cncc(C(F)(F)F)c1C(F)F. The Morgan fingerprint density at radius 3 is 2.27 bits per heavy atom. The van der Waals surface area contributed by atoms with Crippen LogP contribution in [0.2, 0.25) is 0 Å². The van der Waals surface area contributed by atoms with Gasteiger partial charge in [-0.1, -0.05) is 0 Å². The van der Waals surface area contributed by atoms with E-state index in [1.807, 2.05) is 0 Å². The van der Waals surface area contributed by atoms with Gasteiger partial charge in [0, 0.05) is 12.4 Å². The normalized spacial score (nSPS) is 11.5. The number of aromatic nitrogens is 1. The number of halogens is 5. The van der Waals surface area contributed by atoms with Crippen molar-refractivity contribution in [2.24, 2.45) is 0 Å². The highest BCUT2D eigenvalue weighted by atomic mass is 19.4. The van der Waals surface area contributed by atoms with Gasteiger partial charge < -0.3 is 0 Å². The molecular weight excluding hydrogens is 219 g/mol. The van der Waals surface area contributed by atoms with E-state index in [9.17, 15) is 22.0 Å². The largest absolute Gasteiger partial charge is 0.418 e. The van der Waals surface area contributed by atoms with Crippen molar-refractivity contribution in [2.75, 3.05) is 0 Å². The molecule has 0 aliphatic heterocycles. The first-order valence-corrected chi connectivity index (χ1v) is 3.61. The maximum absolute atomic E-state index is 12.3. The fourth-order valence-electron chi connectivity index (χ4n) is 1.02. The van der Waals surface area contributed by atoms with Crippen molar-refractivity contribution >= 4 is 0 Å². The summed E-state index contributed by atoms with van der Waals surface area (Å²) < 4.78 is 61.4. The van der Waals surface area contributed by atoms with Crippen molar-refractivity contribution in [1.29, 1.82) is 5.26 Å². The van der Waals surface area contributed by atoms with Gasteiger partial charge in [0.1, 0.15) is 6.07 Å². The molecule has 0 saturated heterocycles. The second-order valence-electron chi connectivity index (χ2n) is 2.56. The molecule has 2 nitrogen and oxygen atoms in total. The third kappa shape index (κ3) is 2.21. The molecule has 0 atom stereocenters. The van der Waals surface area contributed by atoms with Crippen molar-refractivity contribution < 1.29 is 22.0 Å². The number of pyridine rings is 1. The number of nitrogens with zero attached hydrogens (tertiary/aromatic N) is 2. The van der Waals surface area contributed by atoms with Crippen LogP contribution in [0.4, 0.5) is 22.0 Å². The first-order chi connectivity index (χ1) is 6.88. The summed E-state index contributed by atoms with van der Waals surface area (Å²) in [4.78, 5) is 3.09. The molecule has 15 heavy (non-hydrogen) atoms. The maximum Gasteiger partial charge on any atom is 0.418 e. The summed E-state index contributed by atoms with van der Waals surface area (Å²) in [6, 6.07) is 1.25. The Labute approximate surface area is 81.0 Å². The van der Waals surface area contributed by atoms with E-state index in [4.69, 9.17) is 5.26 Å². The fourth-order valence-corrected chi connectivity index (χ4v) is 1.02. The molecule has 0 N–H and O–H groups in total. The molecule has 1 aromatic heterocycles. The Hall–Kier alpha value is -1.71. The van der Waals surface area contributed by atoms with E-state index in [0.717, 1.165) is 0 Å². The van der Waals surface area contributed by atoms with Crippen LogP contribution in [0.5, 0.6) is 0 Å². The molecule has 0 amide bonds. The van der Waals surface area contributed by atoms with Gasteiger partial charge in [-0.25, -0.2) is 8.78 Å². The molecule has 0 aliphatic carbocycles. The predicted octanol–water partition coefficient (Wildman–Crippen LogP) is 2.91. The molecule has 0 fully saturated rings. The molecule has 0 bridgehead atoms. The lowest BCUT2D eigenvalue weighted by molar-refractivity contribution is -0.139. The summed E-state index contributed by atoms with van der Waals surface area (Å²) in [5, 5.41) is 8.37. The quantitative estimate of drug-likeness (QED) is 0.685. The van der Waals surface area contributed by atoms with Gasteiger partial charge in [-0.3, -0.25) is 4.98 Å². The van der Waals surface area contributed by atoms with Crippen molar-refractivity contribution in [3.63, 3.8) is 0 Å². The lowest BCUT2D eigenvalue weighted by Gasteiger charge is -2.12. The van der Waals surface area contributed by atoms with Crippen LogP contribution in [0.1, 0.15) is 23.1 Å². The summed E-state index contributed by atoms with van der Waals surface area (Å²) in [6.07, 6.45) is -7.34. The van der Waals surface area contributed by atoms with Crippen LogP contribution in [-0.2, 0) is 6.18 Å². The molecular formula is C8H3F5N2. The highest BCUT2D eigenvalue weighted by molar-refractivity contribution is 5.42. The molecule has 7 heteroatoms. The average molecular weight is 222 g/mol. The Bertz CT molecular complexity index is 404. The second-order valence-corrected chi connectivity index (χ2v) is 2.56. The standard InChI is InChI=1S/C8H3F5N2/c9-7(10)6-4(1-14)2-15-3-5(6)8(11,12)13/h2-3,7H. The molecule has 0 saturated carbocycles. The molecule has 1 rings (SSSR count). The minimum absolute atomic E-state index is 0.280. The lowest BCUT2D eigenvalue weighted by atomic mass is 10.1. The van der Waals surface area contributed by atoms with Crippen molar-refractivity contribution in [3.8, 4) is 6.07 Å². The Kier molecular flexibility index (Phi) is 2.88. The van der Waals surface area contributed by atoms with Crippen LogP contribution in [0, 0.1) is 11.3 Å². The zero-order chi connectivity index (χ0) is 11.6. The summed E-state index contributed by atoms with van der Waals surface area (Å²) in [7, 11) is 0. The van der Waals surface area contributed by atoms with E-state index in [-0.39, 0.29) is 6.20 Å². The Morgan fingerprint density at radius 2 is 1.87 bits per heavy atom. The molecule has 0 unspecified atom stereocenters. The first kappa shape index (κ1) is 11.4. The molecule has 1 aromatic rings. The smallest absolute Gasteiger partial charge is 0.263 e. The van der Waals surface area contributed by atoms with Gasteiger partial charge in [0.25, 0.3) is 6.43 Å². The fraction of sp³-hybridized carbons (Fsp3) is 0.250. The summed E-state index contributed by atoms with van der Waals surface area (Å²) >= 11 is 0. The number of rotatable bonds is 1. The van der Waals surface area contributed by atoms with Crippen LogP contribution in [0.25, 0.3) is 0 Å². The van der Waals surface area contributed by atoms with Crippen LogP contribution >= 0.6 is 0 Å². The van der Waals surface area contributed by atoms with E-state index < -0.39 is 29.3 Å². The van der Waals surface area contributed by atoms with E-state index in [1.54, 1.807) is 0 Å². The molecule has 0 radical (unpaired) electrons. The number of nitriles is 1. The first-order valence-electron chi connectivity index (χ1n) is 3.61. The third-order valence-corrected chi connectivity index (χ3v) is 1.63. The Balaban J connectivity index is 3.48. The van der Waals surface area contributed by atoms with E-state index in [1.165, 1.54) is 6.07 Å². The molecule has 0 aromatic carbocycles. The van der Waals surface area contributed by atoms with Gasteiger partial charge in [-0.05, 0) is 0 Å². The zero-order valence-electron chi connectivity index (χ0n) is 7.02. The van der Waals surface area contributed by atoms with Gasteiger partial charge >= 0.3 is 6.18 Å². The van der Waals surface area contributed by atoms with Crippen LogP contribution in [-0.4, -0.2) is 4.98 Å². The van der Waals surface area contributed by atoms with Crippen LogP contribution in [0.15, 0.2) is 12.4 Å². The minimum atomic E-state index is -4.94. The minimum Gasteiger partial charge on any atom is -0.263 e. The third-order valence-electron chi connectivity index (χ3n) is 1.63. The van der Waals surface area contributed by atoms with Crippen molar-refractivity contribution in [3.05, 3.63) is 29.1 Å². The Morgan fingerprint density at radius 1 is 1.27 bits per heavy atom. The van der Waals surface area contributed by atoms with Gasteiger partial charge in [0.15, 0.2) is 0 Å². The van der Waals surface area contributed by atoms with E-state index in [0.29, 0.717) is 6.20 Å². The molecule has 0 aliphatic rings. The maximum atomic E-state index is 12.3. The van der Waals surface area contributed by atoms with Crippen LogP contribution < -0.4 is 0 Å². The topological polar surface area (TPSA) is 36.7 Å². The summed E-state index contributed by atoms with van der Waals surface area (Å²) in [5.74, 6) is 0. The van der Waals surface area contributed by atoms with Crippen molar-refractivity contribution in [1.82, 2.24) is 4.98 Å². The highest BCUT2D eigenvalue weighted by Crippen LogP contribution is 2.37. The predicted molar refractivity (Wildman–Crippen MR) is 38.9 cm³/mol. The van der Waals surface area contributed by atoms with Gasteiger partial charge in [0.2, 0.25) is 0 Å². The number of alkyl halides is 5. The molecule has 1 heterocycles. The monoisotopic (exact) mass is 222 g/mol. The van der Waals surface area contributed by atoms with Gasteiger partial charge in [-0.2, -0.15) is 18.4 Å². The van der Waals surface area contributed by atoms with Gasteiger partial charge in [-0.15, -0.1) is 0 Å². The molecule has 80 valence electrons. The second kappa shape index (κ2) is 3.81. The lowest BCUT2D eigenvalue weighted by Crippen LogP contribution is -2.11. The van der Waals surface area contributed by atoms with Crippen molar-refractivity contribution in [2.45, 2.75) is 12.6 Å². The number of hydrogen-bond acceptors (Lipinski definition) is 2. The number of hydrogen-bond donors (Lipinski definition) is 0. The molecule has 0 spiro atoms. The van der Waals surface area contributed by atoms with Crippen LogP contribution in [0.3, 0.4) is 0 Å². The van der Waals surface area contributed by atoms with E-state index >= 15 is 0 Å². The summed E-state index contributed by atoms with van der Waals surface area (Å²) in [5.41, 5.74) is -3.66. The highest BCUT2D eigenvalue weighted by Gasteiger charge is 2.37. The van der Waals surface area contributed by atoms with E-state index in [2.05, 4.69) is 4.98 Å². The van der Waals surface area contributed by atoms with Gasteiger partial charge in [0.05, 0.1) is 16.7 Å². The average Bonchev–Trinajstić information content (AvgIpc) is 2.15. The zero-order valence-corrected chi connectivity index (χ0v) is 7.02.